The first-order valence-electron chi connectivity index (χ1n) is 18.4. The summed E-state index contributed by atoms with van der Waals surface area (Å²) in [6, 6.07) is 75.9. The van der Waals surface area contributed by atoms with Crippen LogP contribution in [0.3, 0.4) is 0 Å². The Labute approximate surface area is 314 Å². The highest BCUT2D eigenvalue weighted by molar-refractivity contribution is 6.13. The van der Waals surface area contributed by atoms with Gasteiger partial charge in [-0.25, -0.2) is 0 Å². The zero-order chi connectivity index (χ0) is 35.8. The summed E-state index contributed by atoms with van der Waals surface area (Å²) in [6.07, 6.45) is 0. The standard InChI is InChI=1S/C52H35NO/c1-2-11-36(12-3-1)37-21-27-44(28-22-37)53(46-31-25-39(26-32-46)50-34-41-13-4-6-17-47(41)48-18-7-8-19-49(48)50)45-29-23-38(24-30-45)40-15-10-16-42(33-40)52-35-43-14-5-9-20-51(43)54-52/h1-35H. The first-order chi connectivity index (χ1) is 26.7. The van der Waals surface area contributed by atoms with Gasteiger partial charge < -0.3 is 9.32 Å². The van der Waals surface area contributed by atoms with E-state index in [1.54, 1.807) is 0 Å². The normalized spacial score (nSPS) is 11.3. The lowest BCUT2D eigenvalue weighted by Crippen LogP contribution is -2.09. The Bertz CT molecular complexity index is 2870. The number of hydrogen-bond acceptors (Lipinski definition) is 2. The third kappa shape index (κ3) is 5.81. The van der Waals surface area contributed by atoms with Crippen LogP contribution in [0.4, 0.5) is 17.1 Å². The van der Waals surface area contributed by atoms with Crippen molar-refractivity contribution in [2.45, 2.75) is 0 Å². The zero-order valence-corrected chi connectivity index (χ0v) is 29.6. The molecule has 0 aliphatic carbocycles. The summed E-state index contributed by atoms with van der Waals surface area (Å²) in [5.41, 5.74) is 12.4. The smallest absolute Gasteiger partial charge is 0.135 e. The third-order valence-corrected chi connectivity index (χ3v) is 10.5. The number of para-hydroxylation sites is 1. The van der Waals surface area contributed by atoms with Crippen LogP contribution < -0.4 is 4.90 Å². The Morgan fingerprint density at radius 1 is 0.296 bits per heavy atom. The number of benzene rings is 9. The Morgan fingerprint density at radius 3 is 1.48 bits per heavy atom. The highest BCUT2D eigenvalue weighted by Crippen LogP contribution is 2.40. The van der Waals surface area contributed by atoms with Crippen molar-refractivity contribution in [3.63, 3.8) is 0 Å². The van der Waals surface area contributed by atoms with Gasteiger partial charge in [0.05, 0.1) is 0 Å². The largest absolute Gasteiger partial charge is 0.456 e. The molecule has 0 saturated carbocycles. The summed E-state index contributed by atoms with van der Waals surface area (Å²) in [5, 5.41) is 6.18. The topological polar surface area (TPSA) is 16.4 Å². The molecule has 2 heteroatoms. The molecule has 0 radical (unpaired) electrons. The number of rotatable bonds is 7. The fraction of sp³-hybridized carbons (Fsp3) is 0. The van der Waals surface area contributed by atoms with Crippen LogP contribution in [0.15, 0.2) is 217 Å². The van der Waals surface area contributed by atoms with Crippen LogP contribution in [0, 0.1) is 0 Å². The summed E-state index contributed by atoms with van der Waals surface area (Å²) in [5.74, 6) is 0.875. The number of furan rings is 1. The van der Waals surface area contributed by atoms with Gasteiger partial charge >= 0.3 is 0 Å². The lowest BCUT2D eigenvalue weighted by molar-refractivity contribution is 0.631. The molecule has 9 aromatic carbocycles. The van der Waals surface area contributed by atoms with E-state index in [1.807, 2.05) is 18.2 Å². The zero-order valence-electron chi connectivity index (χ0n) is 29.6. The van der Waals surface area contributed by atoms with Crippen molar-refractivity contribution >= 4 is 49.6 Å². The van der Waals surface area contributed by atoms with E-state index < -0.39 is 0 Å². The molecule has 0 saturated heterocycles. The molecule has 0 atom stereocenters. The van der Waals surface area contributed by atoms with E-state index in [2.05, 4.69) is 199 Å². The summed E-state index contributed by atoms with van der Waals surface area (Å²) in [6.45, 7) is 0. The van der Waals surface area contributed by atoms with Gasteiger partial charge in [0.1, 0.15) is 11.3 Å². The van der Waals surface area contributed by atoms with Crippen molar-refractivity contribution in [1.29, 1.82) is 0 Å². The second kappa shape index (κ2) is 13.4. The molecular weight excluding hydrogens is 655 g/mol. The number of anilines is 3. The maximum atomic E-state index is 6.20. The lowest BCUT2D eigenvalue weighted by Gasteiger charge is -2.26. The van der Waals surface area contributed by atoms with Gasteiger partial charge in [-0.1, -0.05) is 152 Å². The fourth-order valence-electron chi connectivity index (χ4n) is 7.74. The minimum absolute atomic E-state index is 0.875. The molecule has 254 valence electrons. The molecule has 2 nitrogen and oxygen atoms in total. The van der Waals surface area contributed by atoms with Crippen LogP contribution in [0.5, 0.6) is 0 Å². The minimum atomic E-state index is 0.875. The Kier molecular flexibility index (Phi) is 7.85. The van der Waals surface area contributed by atoms with Crippen LogP contribution in [-0.2, 0) is 0 Å². The number of hydrogen-bond donors (Lipinski definition) is 0. The third-order valence-electron chi connectivity index (χ3n) is 10.5. The molecule has 1 aromatic heterocycles. The molecule has 0 aliphatic heterocycles. The molecule has 1 heterocycles. The molecule has 0 aliphatic rings. The number of fused-ring (bicyclic) bond motifs is 4. The van der Waals surface area contributed by atoms with Gasteiger partial charge in [-0.05, 0) is 116 Å². The van der Waals surface area contributed by atoms with E-state index in [9.17, 15) is 0 Å². The highest BCUT2D eigenvalue weighted by Gasteiger charge is 2.15. The van der Waals surface area contributed by atoms with E-state index >= 15 is 0 Å². The first kappa shape index (κ1) is 31.6. The second-order valence-corrected chi connectivity index (χ2v) is 13.8. The summed E-state index contributed by atoms with van der Waals surface area (Å²) >= 11 is 0. The molecule has 0 amide bonds. The first-order valence-corrected chi connectivity index (χ1v) is 18.4. The summed E-state index contributed by atoms with van der Waals surface area (Å²) < 4.78 is 6.20. The van der Waals surface area contributed by atoms with Crippen LogP contribution in [0.1, 0.15) is 0 Å². The minimum Gasteiger partial charge on any atom is -0.456 e. The number of nitrogens with zero attached hydrogens (tertiary/aromatic N) is 1. The van der Waals surface area contributed by atoms with Gasteiger partial charge in [-0.2, -0.15) is 0 Å². The predicted octanol–water partition coefficient (Wildman–Crippen LogP) is 14.9. The van der Waals surface area contributed by atoms with Crippen molar-refractivity contribution in [1.82, 2.24) is 0 Å². The van der Waals surface area contributed by atoms with Gasteiger partial charge in [0, 0.05) is 28.0 Å². The Balaban J connectivity index is 1.03. The van der Waals surface area contributed by atoms with Crippen LogP contribution in [-0.4, -0.2) is 0 Å². The van der Waals surface area contributed by atoms with Crippen LogP contribution in [0.25, 0.3) is 77.2 Å². The maximum Gasteiger partial charge on any atom is 0.135 e. The van der Waals surface area contributed by atoms with Gasteiger partial charge in [-0.15, -0.1) is 0 Å². The molecule has 10 aromatic rings. The van der Waals surface area contributed by atoms with Gasteiger partial charge in [0.15, 0.2) is 0 Å². The molecule has 54 heavy (non-hydrogen) atoms. The van der Waals surface area contributed by atoms with Crippen LogP contribution >= 0.6 is 0 Å². The Hall–Kier alpha value is -7.16. The molecule has 0 unspecified atom stereocenters. The van der Waals surface area contributed by atoms with Crippen molar-refractivity contribution in [2.75, 3.05) is 4.90 Å². The van der Waals surface area contributed by atoms with E-state index in [0.29, 0.717) is 0 Å². The SMILES string of the molecule is c1ccc(-c2ccc(N(c3ccc(-c4cccc(-c5cc6ccccc6o5)c4)cc3)c3ccc(-c4cc5ccccc5c5ccccc45)cc3)cc2)cc1. The van der Waals surface area contributed by atoms with Crippen LogP contribution in [0.2, 0.25) is 0 Å². The van der Waals surface area contributed by atoms with Gasteiger partial charge in [0.2, 0.25) is 0 Å². The lowest BCUT2D eigenvalue weighted by atomic mass is 9.93. The molecule has 10 rings (SSSR count). The Morgan fingerprint density at radius 2 is 0.796 bits per heavy atom. The quantitative estimate of drug-likeness (QED) is 0.155. The average Bonchev–Trinajstić information content (AvgIpc) is 3.70. The molecule has 0 fully saturated rings. The summed E-state index contributed by atoms with van der Waals surface area (Å²) in [7, 11) is 0. The van der Waals surface area contributed by atoms with Crippen molar-refractivity contribution in [3.05, 3.63) is 212 Å². The maximum absolute atomic E-state index is 6.20. The van der Waals surface area contributed by atoms with E-state index in [4.69, 9.17) is 4.42 Å². The molecule has 0 N–H and O–H groups in total. The van der Waals surface area contributed by atoms with Crippen molar-refractivity contribution < 1.29 is 4.42 Å². The van der Waals surface area contributed by atoms with Gasteiger partial charge in [0.25, 0.3) is 0 Å². The molecule has 0 bridgehead atoms. The van der Waals surface area contributed by atoms with E-state index in [1.165, 1.54) is 43.8 Å². The van der Waals surface area contributed by atoms with Gasteiger partial charge in [-0.3, -0.25) is 0 Å². The van der Waals surface area contributed by atoms with E-state index in [-0.39, 0.29) is 0 Å². The highest BCUT2D eigenvalue weighted by atomic mass is 16.3. The monoisotopic (exact) mass is 689 g/mol. The molecular formula is C52H35NO. The average molecular weight is 690 g/mol. The van der Waals surface area contributed by atoms with Crippen molar-refractivity contribution in [2.24, 2.45) is 0 Å². The second-order valence-electron chi connectivity index (χ2n) is 13.8. The van der Waals surface area contributed by atoms with E-state index in [0.717, 1.165) is 50.5 Å². The molecule has 0 spiro atoms. The van der Waals surface area contributed by atoms with Crippen molar-refractivity contribution in [3.8, 4) is 44.7 Å². The summed E-state index contributed by atoms with van der Waals surface area (Å²) in [4.78, 5) is 2.34. The predicted molar refractivity (Wildman–Crippen MR) is 228 cm³/mol. The fourth-order valence-corrected chi connectivity index (χ4v) is 7.74.